The van der Waals surface area contributed by atoms with Crippen molar-refractivity contribution in [2.45, 2.75) is 39.0 Å². The molecule has 1 saturated heterocycles. The van der Waals surface area contributed by atoms with Gasteiger partial charge in [0.25, 0.3) is 0 Å². The van der Waals surface area contributed by atoms with Crippen LogP contribution in [0, 0.1) is 5.82 Å². The third kappa shape index (κ3) is 4.76. The van der Waals surface area contributed by atoms with Gasteiger partial charge < -0.3 is 9.47 Å². The Hall–Kier alpha value is -1.62. The van der Waals surface area contributed by atoms with E-state index in [2.05, 4.69) is 11.0 Å². The predicted molar refractivity (Wildman–Crippen MR) is 102 cm³/mol. The molecule has 3 nitrogen and oxygen atoms in total. The van der Waals surface area contributed by atoms with E-state index in [-0.39, 0.29) is 12.4 Å². The second-order valence-corrected chi connectivity index (χ2v) is 6.93. The molecule has 0 N–H and O–H groups in total. The maximum Gasteiger partial charge on any atom is 0.131 e. The number of ether oxygens (including phenoxy) is 2. The third-order valence-electron chi connectivity index (χ3n) is 4.79. The summed E-state index contributed by atoms with van der Waals surface area (Å²) in [4.78, 5) is 2.44. The van der Waals surface area contributed by atoms with E-state index in [1.54, 1.807) is 12.1 Å². The van der Waals surface area contributed by atoms with Crippen molar-refractivity contribution in [1.82, 2.24) is 4.90 Å². The molecule has 1 atom stereocenters. The number of benzene rings is 2. The minimum Gasteiger partial charge on any atom is -0.488 e. The fourth-order valence-corrected chi connectivity index (χ4v) is 3.58. The van der Waals surface area contributed by atoms with Crippen molar-refractivity contribution in [3.05, 3.63) is 64.4 Å². The van der Waals surface area contributed by atoms with Gasteiger partial charge in [0.1, 0.15) is 18.2 Å². The van der Waals surface area contributed by atoms with Crippen LogP contribution in [0.25, 0.3) is 0 Å². The highest BCUT2D eigenvalue weighted by molar-refractivity contribution is 6.31. The van der Waals surface area contributed by atoms with E-state index >= 15 is 0 Å². The zero-order valence-corrected chi connectivity index (χ0v) is 15.8. The maximum atomic E-state index is 14.0. The number of rotatable bonds is 8. The van der Waals surface area contributed by atoms with Crippen LogP contribution in [-0.4, -0.2) is 30.7 Å². The molecule has 0 amide bonds. The molecule has 1 aliphatic heterocycles. The third-order valence-corrected chi connectivity index (χ3v) is 5.15. The molecule has 5 heteroatoms. The smallest absolute Gasteiger partial charge is 0.131 e. The summed E-state index contributed by atoms with van der Waals surface area (Å²) in [7, 11) is 0. The lowest BCUT2D eigenvalue weighted by molar-refractivity contribution is 0.0819. The molecule has 1 aliphatic rings. The molecule has 0 radical (unpaired) electrons. The molecule has 2 aromatic rings. The van der Waals surface area contributed by atoms with Gasteiger partial charge >= 0.3 is 0 Å². The second-order valence-electron chi connectivity index (χ2n) is 6.52. The number of halogens is 2. The van der Waals surface area contributed by atoms with Crippen molar-refractivity contribution in [2.75, 3.05) is 19.8 Å². The number of hydrogen-bond acceptors (Lipinski definition) is 3. The Balaban J connectivity index is 1.68. The molecule has 3 rings (SSSR count). The Morgan fingerprint density at radius 3 is 2.85 bits per heavy atom. The van der Waals surface area contributed by atoms with Gasteiger partial charge in [-0.15, -0.1) is 0 Å². The zero-order chi connectivity index (χ0) is 18.4. The molecule has 2 aromatic carbocycles. The van der Waals surface area contributed by atoms with Gasteiger partial charge in [-0.25, -0.2) is 4.39 Å². The SMILES string of the molecule is CCOCC1CCCN1Cc1ccccc1OCc1c(F)cccc1Cl. The lowest BCUT2D eigenvalue weighted by atomic mass is 10.1. The van der Waals surface area contributed by atoms with Gasteiger partial charge in [0.2, 0.25) is 0 Å². The summed E-state index contributed by atoms with van der Waals surface area (Å²) in [5, 5.41) is 0.388. The first kappa shape index (κ1) is 19.2. The average Bonchev–Trinajstić information content (AvgIpc) is 3.08. The van der Waals surface area contributed by atoms with Crippen LogP contribution in [0.1, 0.15) is 30.9 Å². The van der Waals surface area contributed by atoms with Crippen LogP contribution in [-0.2, 0) is 17.9 Å². The molecule has 0 spiro atoms. The Kier molecular flexibility index (Phi) is 6.89. The summed E-state index contributed by atoms with van der Waals surface area (Å²) >= 11 is 6.10. The second kappa shape index (κ2) is 9.36. The molecule has 26 heavy (non-hydrogen) atoms. The molecule has 140 valence electrons. The number of hydrogen-bond donors (Lipinski definition) is 0. The quantitative estimate of drug-likeness (QED) is 0.641. The van der Waals surface area contributed by atoms with E-state index < -0.39 is 0 Å². The summed E-state index contributed by atoms with van der Waals surface area (Å²) < 4.78 is 25.5. The van der Waals surface area contributed by atoms with Crippen LogP contribution in [0.5, 0.6) is 5.75 Å². The van der Waals surface area contributed by atoms with E-state index in [0.29, 0.717) is 16.6 Å². The van der Waals surface area contributed by atoms with Crippen LogP contribution in [0.3, 0.4) is 0 Å². The van der Waals surface area contributed by atoms with Gasteiger partial charge in [-0.2, -0.15) is 0 Å². The van der Waals surface area contributed by atoms with Crippen LogP contribution in [0.15, 0.2) is 42.5 Å². The van der Waals surface area contributed by atoms with Crippen molar-refractivity contribution in [1.29, 1.82) is 0 Å². The first-order valence-corrected chi connectivity index (χ1v) is 9.52. The molecule has 0 aliphatic carbocycles. The molecule has 1 heterocycles. The summed E-state index contributed by atoms with van der Waals surface area (Å²) in [6.45, 7) is 5.52. The van der Waals surface area contributed by atoms with Crippen molar-refractivity contribution in [2.24, 2.45) is 0 Å². The summed E-state index contributed by atoms with van der Waals surface area (Å²) in [6, 6.07) is 13.1. The van der Waals surface area contributed by atoms with E-state index in [0.717, 1.165) is 44.0 Å². The van der Waals surface area contributed by atoms with Gasteiger partial charge in [-0.3, -0.25) is 4.90 Å². The topological polar surface area (TPSA) is 21.7 Å². The highest BCUT2D eigenvalue weighted by Gasteiger charge is 2.25. The van der Waals surface area contributed by atoms with Crippen molar-refractivity contribution in [3.8, 4) is 5.75 Å². The molecular formula is C21H25ClFNO2. The van der Waals surface area contributed by atoms with E-state index in [4.69, 9.17) is 21.1 Å². The molecule has 0 saturated carbocycles. The fraction of sp³-hybridized carbons (Fsp3) is 0.429. The molecular weight excluding hydrogens is 353 g/mol. The Morgan fingerprint density at radius 2 is 2.04 bits per heavy atom. The van der Waals surface area contributed by atoms with Gasteiger partial charge in [-0.05, 0) is 44.5 Å². The van der Waals surface area contributed by atoms with Crippen LogP contribution in [0.4, 0.5) is 4.39 Å². The normalized spacial score (nSPS) is 17.6. The molecule has 1 unspecified atom stereocenters. The Labute approximate surface area is 159 Å². The zero-order valence-electron chi connectivity index (χ0n) is 15.1. The number of para-hydroxylation sites is 1. The summed E-state index contributed by atoms with van der Waals surface area (Å²) in [5.41, 5.74) is 1.49. The number of nitrogens with zero attached hydrogens (tertiary/aromatic N) is 1. The summed E-state index contributed by atoms with van der Waals surface area (Å²) in [6.07, 6.45) is 2.35. The van der Waals surface area contributed by atoms with Crippen LogP contribution < -0.4 is 4.74 Å². The molecule has 0 bridgehead atoms. The Morgan fingerprint density at radius 1 is 1.19 bits per heavy atom. The van der Waals surface area contributed by atoms with Gasteiger partial charge in [0.15, 0.2) is 0 Å². The first-order valence-electron chi connectivity index (χ1n) is 9.14. The van der Waals surface area contributed by atoms with E-state index in [1.807, 2.05) is 25.1 Å². The predicted octanol–water partition coefficient (Wildman–Crippen LogP) is 5.06. The lowest BCUT2D eigenvalue weighted by Crippen LogP contribution is -2.32. The van der Waals surface area contributed by atoms with Crippen LogP contribution in [0.2, 0.25) is 5.02 Å². The van der Waals surface area contributed by atoms with Crippen molar-refractivity contribution >= 4 is 11.6 Å². The van der Waals surface area contributed by atoms with Crippen molar-refractivity contribution in [3.63, 3.8) is 0 Å². The lowest BCUT2D eigenvalue weighted by Gasteiger charge is -2.25. The standard InChI is InChI=1S/C21H25ClFNO2/c1-2-25-14-17-8-6-12-24(17)13-16-7-3-4-11-21(16)26-15-18-19(22)9-5-10-20(18)23/h3-5,7,9-11,17H,2,6,8,12-15H2,1H3. The average molecular weight is 378 g/mol. The monoisotopic (exact) mass is 377 g/mol. The van der Waals surface area contributed by atoms with Crippen LogP contribution >= 0.6 is 11.6 Å². The largest absolute Gasteiger partial charge is 0.488 e. The fourth-order valence-electron chi connectivity index (χ4n) is 3.36. The highest BCUT2D eigenvalue weighted by atomic mass is 35.5. The molecule has 1 fully saturated rings. The van der Waals surface area contributed by atoms with Gasteiger partial charge in [-0.1, -0.05) is 35.9 Å². The highest BCUT2D eigenvalue weighted by Crippen LogP contribution is 2.27. The maximum absolute atomic E-state index is 14.0. The summed E-state index contributed by atoms with van der Waals surface area (Å²) in [5.74, 6) is 0.431. The first-order chi connectivity index (χ1) is 12.7. The van der Waals surface area contributed by atoms with Gasteiger partial charge in [0.05, 0.1) is 11.6 Å². The van der Waals surface area contributed by atoms with Gasteiger partial charge in [0, 0.05) is 30.3 Å². The number of likely N-dealkylation sites (tertiary alicyclic amines) is 1. The minimum absolute atomic E-state index is 0.116. The van der Waals surface area contributed by atoms with E-state index in [9.17, 15) is 4.39 Å². The van der Waals surface area contributed by atoms with E-state index in [1.165, 1.54) is 12.5 Å². The Bertz CT molecular complexity index is 705. The minimum atomic E-state index is -0.341. The molecule has 0 aromatic heterocycles. The van der Waals surface area contributed by atoms with Crippen molar-refractivity contribution < 1.29 is 13.9 Å².